The number of piperidine rings is 1. The fraction of sp³-hybridized carbons (Fsp3) is 0.500. The lowest BCUT2D eigenvalue weighted by molar-refractivity contribution is -0.385. The predicted molar refractivity (Wildman–Crippen MR) is 172 cm³/mol. The molecule has 0 bridgehead atoms. The Morgan fingerprint density at radius 2 is 1.98 bits per heavy atom. The Hall–Kier alpha value is -3.98. The molecule has 0 saturated carbocycles. The van der Waals surface area contributed by atoms with E-state index in [1.807, 2.05) is 44.3 Å². The van der Waals surface area contributed by atoms with Crippen LogP contribution in [0, 0.1) is 16.0 Å². The number of amides is 2. The van der Waals surface area contributed by atoms with E-state index in [4.69, 9.17) is 4.74 Å². The Morgan fingerprint density at radius 1 is 1.17 bits per heavy atom. The van der Waals surface area contributed by atoms with Gasteiger partial charge in [-0.3, -0.25) is 24.4 Å². The van der Waals surface area contributed by atoms with Crippen LogP contribution in [0.5, 0.6) is 0 Å². The van der Waals surface area contributed by atoms with Crippen molar-refractivity contribution in [2.24, 2.45) is 5.92 Å². The maximum Gasteiger partial charge on any atom is 0.269 e. The van der Waals surface area contributed by atoms with Gasteiger partial charge in [-0.25, -0.2) is 0 Å². The Labute approximate surface area is 268 Å². The van der Waals surface area contributed by atoms with E-state index >= 15 is 0 Å². The number of fused-ring (bicyclic) bond motifs is 2. The summed E-state index contributed by atoms with van der Waals surface area (Å²) in [5.74, 6) is -0.735. The smallest absolute Gasteiger partial charge is 0.269 e. The van der Waals surface area contributed by atoms with Crippen LogP contribution in [-0.2, 0) is 39.4 Å². The van der Waals surface area contributed by atoms with Gasteiger partial charge >= 0.3 is 0 Å². The molecule has 4 heterocycles. The van der Waals surface area contributed by atoms with Gasteiger partial charge in [0, 0.05) is 73.6 Å². The van der Waals surface area contributed by atoms with Gasteiger partial charge < -0.3 is 24.4 Å². The van der Waals surface area contributed by atoms with Crippen LogP contribution in [-0.4, -0.2) is 69.2 Å². The van der Waals surface area contributed by atoms with Gasteiger partial charge in [-0.05, 0) is 56.1 Å². The molecule has 13 nitrogen and oxygen atoms in total. The highest BCUT2D eigenvalue weighted by molar-refractivity contribution is 6.71. The molecule has 14 heteroatoms. The molecule has 3 aliphatic heterocycles. The predicted octanol–water partition coefficient (Wildman–Crippen LogP) is 3.67. The molecule has 2 N–H and O–H groups in total. The van der Waals surface area contributed by atoms with E-state index in [1.54, 1.807) is 26.7 Å². The first-order valence-corrected chi connectivity index (χ1v) is 18.9. The Bertz CT molecular complexity index is 1660. The number of hydrogen-bond donors (Lipinski definition) is 2. The molecule has 3 aliphatic rings. The van der Waals surface area contributed by atoms with Gasteiger partial charge in [0.1, 0.15) is 0 Å². The number of carbonyl (C=O) groups is 2. The van der Waals surface area contributed by atoms with Crippen LogP contribution in [0.2, 0.25) is 18.6 Å². The summed E-state index contributed by atoms with van der Waals surface area (Å²) in [6, 6.07) is 12.0. The normalized spacial score (nSPS) is 24.7. The number of rotatable bonds is 10. The largest absolute Gasteiger partial charge is 0.432 e. The lowest BCUT2D eigenvalue weighted by Gasteiger charge is -2.32. The van der Waals surface area contributed by atoms with Crippen LogP contribution in [0.1, 0.15) is 49.4 Å². The van der Waals surface area contributed by atoms with Crippen molar-refractivity contribution in [3.05, 3.63) is 75.6 Å². The van der Waals surface area contributed by atoms with Crippen molar-refractivity contribution in [2.75, 3.05) is 23.0 Å². The van der Waals surface area contributed by atoms with Crippen molar-refractivity contribution in [3.8, 4) is 0 Å². The zero-order valence-electron chi connectivity index (χ0n) is 26.3. The third-order valence-electron chi connectivity index (χ3n) is 9.66. The summed E-state index contributed by atoms with van der Waals surface area (Å²) in [7, 11) is -2.95. The number of aliphatic hydroxyl groups is 1. The summed E-state index contributed by atoms with van der Waals surface area (Å²) in [6.07, 6.45) is 4.35. The van der Waals surface area contributed by atoms with E-state index in [2.05, 4.69) is 10.3 Å². The molecule has 2 amide bonds. The minimum Gasteiger partial charge on any atom is -0.432 e. The summed E-state index contributed by atoms with van der Waals surface area (Å²) in [5.41, 5.74) is 1.17. The maximum absolute atomic E-state index is 14.7. The summed E-state index contributed by atoms with van der Waals surface area (Å²) in [6.45, 7) is 6.76. The van der Waals surface area contributed by atoms with Crippen LogP contribution in [0.15, 0.2) is 48.7 Å². The van der Waals surface area contributed by atoms with Crippen molar-refractivity contribution in [1.82, 2.24) is 15.0 Å². The average Bonchev–Trinajstić information content (AvgIpc) is 3.66. The lowest BCUT2D eigenvalue weighted by Crippen LogP contribution is -2.46. The molecule has 1 aromatic heterocycles. The molecule has 2 saturated heterocycles. The first-order chi connectivity index (χ1) is 21.9. The number of non-ortho nitro benzene ring substituents is 1. The van der Waals surface area contributed by atoms with E-state index in [0.717, 1.165) is 24.1 Å². The van der Waals surface area contributed by atoms with Gasteiger partial charge in [-0.1, -0.05) is 24.3 Å². The van der Waals surface area contributed by atoms with E-state index in [-0.39, 0.29) is 36.2 Å². The highest BCUT2D eigenvalue weighted by Crippen LogP contribution is 2.60. The standard InChI is InChI=1S/C32H40N6O7Si/c1-21-30(46(2,3)44)28(12-15-35-20-23(13-16-39)33-34-35)45-32(21)26-18-25(38(42)43)10-11-27(26)37(31(32)41)19-22-7-6-8-24(17-22)36-14-5-4-9-29(36)40/h6-8,10-11,17-18,20-21,28,30,39,44H,4-5,9,12-16,19H2,1-3H3/t21-,28+,30-,32+/m0/s1. The molecule has 2 aromatic carbocycles. The number of aryl methyl sites for hydroxylation is 1. The lowest BCUT2D eigenvalue weighted by atomic mass is 9.82. The van der Waals surface area contributed by atoms with Crippen molar-refractivity contribution >= 4 is 37.2 Å². The highest BCUT2D eigenvalue weighted by Gasteiger charge is 2.66. The van der Waals surface area contributed by atoms with Gasteiger partial charge in [0.25, 0.3) is 11.6 Å². The van der Waals surface area contributed by atoms with Crippen molar-refractivity contribution in [1.29, 1.82) is 0 Å². The zero-order chi connectivity index (χ0) is 32.8. The SMILES string of the molecule is C[C@H]1[C@H]([Si](C)(C)O)[C@@H](CCn2cc(CCO)nn2)O[C@]12C(=O)N(Cc1cccc(N3CCCCC3=O)c1)c1ccc([N+](=O)[O-])cc12. The maximum atomic E-state index is 14.7. The second-order valence-electron chi connectivity index (χ2n) is 13.1. The first kappa shape index (κ1) is 32.0. The molecular formula is C32H40N6O7Si. The van der Waals surface area contributed by atoms with Gasteiger partial charge in [-0.2, -0.15) is 0 Å². The van der Waals surface area contributed by atoms with E-state index < -0.39 is 30.9 Å². The number of nitrogens with zero attached hydrogens (tertiary/aromatic N) is 6. The van der Waals surface area contributed by atoms with Crippen molar-refractivity contribution < 1.29 is 29.2 Å². The summed E-state index contributed by atoms with van der Waals surface area (Å²) in [4.78, 5) is 53.8. The number of hydrogen-bond acceptors (Lipinski definition) is 9. The molecule has 1 spiro atoms. The molecule has 0 unspecified atom stereocenters. The summed E-state index contributed by atoms with van der Waals surface area (Å²) in [5, 5.41) is 29.4. The van der Waals surface area contributed by atoms with Gasteiger partial charge in [0.15, 0.2) is 13.9 Å². The van der Waals surface area contributed by atoms with Gasteiger partial charge in [0.05, 0.1) is 29.0 Å². The van der Waals surface area contributed by atoms with Crippen LogP contribution in [0.25, 0.3) is 0 Å². The van der Waals surface area contributed by atoms with Crippen molar-refractivity contribution in [2.45, 2.75) is 82.5 Å². The molecule has 0 aliphatic carbocycles. The Morgan fingerprint density at radius 3 is 2.70 bits per heavy atom. The zero-order valence-corrected chi connectivity index (χ0v) is 27.3. The average molecular weight is 649 g/mol. The Balaban J connectivity index is 1.36. The second kappa shape index (κ2) is 12.3. The van der Waals surface area contributed by atoms with Gasteiger partial charge in [0.2, 0.25) is 5.91 Å². The van der Waals surface area contributed by atoms with Crippen LogP contribution < -0.4 is 9.80 Å². The number of nitro benzene ring substituents is 1. The van der Waals surface area contributed by atoms with E-state index in [1.165, 1.54) is 12.1 Å². The number of ether oxygens (including phenoxy) is 1. The molecule has 2 fully saturated rings. The molecule has 244 valence electrons. The van der Waals surface area contributed by atoms with E-state index in [0.29, 0.717) is 49.3 Å². The third-order valence-corrected chi connectivity index (χ3v) is 12.2. The quantitative estimate of drug-likeness (QED) is 0.190. The molecule has 6 rings (SSSR count). The number of nitro groups is 1. The Kier molecular flexibility index (Phi) is 8.56. The fourth-order valence-electron chi connectivity index (χ4n) is 7.63. The first-order valence-electron chi connectivity index (χ1n) is 15.8. The molecule has 46 heavy (non-hydrogen) atoms. The van der Waals surface area contributed by atoms with E-state index in [9.17, 15) is 29.6 Å². The number of aromatic nitrogens is 3. The highest BCUT2D eigenvalue weighted by atomic mass is 28.4. The van der Waals surface area contributed by atoms with Gasteiger partial charge in [-0.15, -0.1) is 5.10 Å². The van der Waals surface area contributed by atoms with Crippen molar-refractivity contribution in [3.63, 3.8) is 0 Å². The fourth-order valence-corrected chi connectivity index (χ4v) is 10.2. The molecule has 0 radical (unpaired) electrons. The van der Waals surface area contributed by atoms with Crippen LogP contribution >= 0.6 is 0 Å². The summed E-state index contributed by atoms with van der Waals surface area (Å²) >= 11 is 0. The van der Waals surface area contributed by atoms with Crippen LogP contribution in [0.3, 0.4) is 0 Å². The number of aliphatic hydroxyl groups excluding tert-OH is 1. The third kappa shape index (κ3) is 5.63. The molecule has 3 aromatic rings. The minimum absolute atomic E-state index is 0.0400. The molecular weight excluding hydrogens is 608 g/mol. The minimum atomic E-state index is -2.95. The molecule has 4 atom stereocenters. The summed E-state index contributed by atoms with van der Waals surface area (Å²) < 4.78 is 8.48. The number of carbonyl (C=O) groups excluding carboxylic acids is 2. The topological polar surface area (TPSA) is 164 Å². The second-order valence-corrected chi connectivity index (χ2v) is 17.1. The number of anilines is 2. The van der Waals surface area contributed by atoms with Crippen LogP contribution in [0.4, 0.5) is 17.1 Å². The number of benzene rings is 2. The monoisotopic (exact) mass is 648 g/mol.